The Morgan fingerprint density at radius 3 is 2.70 bits per heavy atom. The summed E-state index contributed by atoms with van der Waals surface area (Å²) in [5.74, 6) is 0.773. The van der Waals surface area contributed by atoms with Gasteiger partial charge in [0, 0.05) is 33.0 Å². The first-order valence-corrected chi connectivity index (χ1v) is 13.4. The molecule has 1 unspecified atom stereocenters. The van der Waals surface area contributed by atoms with Gasteiger partial charge in [0.05, 0.1) is 6.04 Å². The zero-order chi connectivity index (χ0) is 20.2. The Morgan fingerprint density at radius 2 is 2.07 bits per heavy atom. The topological polar surface area (TPSA) is 65.4 Å². The van der Waals surface area contributed by atoms with E-state index in [0.29, 0.717) is 19.6 Å². The second-order valence-electron chi connectivity index (χ2n) is 9.54. The molecule has 154 valence electrons. The van der Waals surface area contributed by atoms with Crippen molar-refractivity contribution in [2.75, 3.05) is 6.61 Å². The molecule has 0 bridgehead atoms. The van der Waals surface area contributed by atoms with E-state index in [2.05, 4.69) is 29.9 Å². The maximum absolute atomic E-state index is 14.5. The van der Waals surface area contributed by atoms with Crippen LogP contribution in [0.1, 0.15) is 45.4 Å². The molecule has 1 aromatic rings. The number of nitrogens with one attached hydrogen (secondary N) is 1. The van der Waals surface area contributed by atoms with Gasteiger partial charge in [-0.05, 0) is 39.7 Å². The highest BCUT2D eigenvalue weighted by Gasteiger charge is 2.38. The monoisotopic (exact) mass is 399 g/mol. The zero-order valence-corrected chi connectivity index (χ0v) is 18.4. The molecule has 1 aliphatic rings. The lowest BCUT2D eigenvalue weighted by atomic mass is 10.1. The largest absolute Gasteiger partial charge is 0.444 e. The van der Waals surface area contributed by atoms with Crippen LogP contribution in [0.25, 0.3) is 0 Å². The molecule has 6 nitrogen and oxygen atoms in total. The smallest absolute Gasteiger partial charge is 0.407 e. The van der Waals surface area contributed by atoms with E-state index in [1.54, 1.807) is 27.0 Å². The molecule has 1 aromatic heterocycles. The molecule has 0 radical (unpaired) electrons. The van der Waals surface area contributed by atoms with Crippen LogP contribution in [0.15, 0.2) is 12.4 Å². The Kier molecular flexibility index (Phi) is 7.07. The van der Waals surface area contributed by atoms with Crippen molar-refractivity contribution in [3.63, 3.8) is 0 Å². The summed E-state index contributed by atoms with van der Waals surface area (Å²) >= 11 is 0. The van der Waals surface area contributed by atoms with Crippen molar-refractivity contribution >= 4 is 14.2 Å². The summed E-state index contributed by atoms with van der Waals surface area (Å²) in [5, 5.41) is 2.67. The van der Waals surface area contributed by atoms with E-state index in [-0.39, 0.29) is 5.92 Å². The standard InChI is InChI=1S/C19H34FN3O3Si/c1-19(2,3)26-18(24)22-16-12-14(11-15(16)20)17-21-7-8-23(17)13-25-9-10-27(4,5)6/h7-8,14-16H,9-13H2,1-6H3,(H,22,24)/t14?,15-,16-/m0/s1. The van der Waals surface area contributed by atoms with E-state index in [0.717, 1.165) is 18.5 Å². The van der Waals surface area contributed by atoms with Gasteiger partial charge in [-0.3, -0.25) is 0 Å². The Hall–Kier alpha value is -1.41. The molecule has 0 spiro atoms. The minimum absolute atomic E-state index is 0.0458. The molecule has 0 aliphatic heterocycles. The molecule has 0 saturated heterocycles. The number of amides is 1. The summed E-state index contributed by atoms with van der Waals surface area (Å²) in [6.07, 6.45) is 2.75. The highest BCUT2D eigenvalue weighted by molar-refractivity contribution is 6.76. The highest BCUT2D eigenvalue weighted by atomic mass is 28.3. The second kappa shape index (κ2) is 8.73. The molecule has 1 saturated carbocycles. The quantitative estimate of drug-likeness (QED) is 0.548. The number of rotatable bonds is 7. The third kappa shape index (κ3) is 7.25. The maximum atomic E-state index is 14.5. The van der Waals surface area contributed by atoms with Crippen molar-refractivity contribution in [2.45, 2.75) is 89.8 Å². The normalized spacial score (nSPS) is 23.4. The molecule has 8 heteroatoms. The summed E-state index contributed by atoms with van der Waals surface area (Å²) in [7, 11) is -1.12. The number of hydrogen-bond donors (Lipinski definition) is 1. The fraction of sp³-hybridized carbons (Fsp3) is 0.789. The predicted molar refractivity (Wildman–Crippen MR) is 106 cm³/mol. The van der Waals surface area contributed by atoms with Gasteiger partial charge >= 0.3 is 6.09 Å². The third-order valence-electron chi connectivity index (χ3n) is 4.53. The van der Waals surface area contributed by atoms with E-state index in [9.17, 15) is 9.18 Å². The van der Waals surface area contributed by atoms with Gasteiger partial charge in [0.25, 0.3) is 0 Å². The van der Waals surface area contributed by atoms with Gasteiger partial charge in [-0.15, -0.1) is 0 Å². The predicted octanol–water partition coefficient (Wildman–Crippen LogP) is 4.30. The van der Waals surface area contributed by atoms with Crippen molar-refractivity contribution in [2.24, 2.45) is 0 Å². The van der Waals surface area contributed by atoms with Gasteiger partial charge in [-0.2, -0.15) is 0 Å². The fourth-order valence-electron chi connectivity index (χ4n) is 3.14. The minimum Gasteiger partial charge on any atom is -0.444 e. The number of hydrogen-bond acceptors (Lipinski definition) is 4. The fourth-order valence-corrected chi connectivity index (χ4v) is 3.89. The molecule has 1 heterocycles. The van der Waals surface area contributed by atoms with Crippen LogP contribution in [0.5, 0.6) is 0 Å². The Morgan fingerprint density at radius 1 is 1.37 bits per heavy atom. The van der Waals surface area contributed by atoms with Crippen LogP contribution in [0.2, 0.25) is 25.7 Å². The molecule has 1 fully saturated rings. The van der Waals surface area contributed by atoms with E-state index in [1.165, 1.54) is 0 Å². The first-order chi connectivity index (χ1) is 12.4. The number of carbonyl (C=O) groups excluding carboxylic acids is 1. The lowest BCUT2D eigenvalue weighted by molar-refractivity contribution is 0.0484. The van der Waals surface area contributed by atoms with E-state index >= 15 is 0 Å². The maximum Gasteiger partial charge on any atom is 0.407 e. The van der Waals surface area contributed by atoms with Crippen LogP contribution in [-0.2, 0) is 16.2 Å². The van der Waals surface area contributed by atoms with Crippen LogP contribution in [0.4, 0.5) is 9.18 Å². The summed E-state index contributed by atoms with van der Waals surface area (Å²) in [5.41, 5.74) is -0.600. The van der Waals surface area contributed by atoms with Gasteiger partial charge < -0.3 is 19.4 Å². The van der Waals surface area contributed by atoms with Crippen LogP contribution < -0.4 is 5.32 Å². The number of carbonyl (C=O) groups is 1. The molecular weight excluding hydrogens is 365 g/mol. The molecule has 3 atom stereocenters. The van der Waals surface area contributed by atoms with Gasteiger partial charge in [-0.25, -0.2) is 14.2 Å². The molecule has 1 N–H and O–H groups in total. The summed E-state index contributed by atoms with van der Waals surface area (Å²) in [6.45, 7) is 13.5. The number of imidazole rings is 1. The molecule has 0 aromatic carbocycles. The molecule has 27 heavy (non-hydrogen) atoms. The Labute approximate surface area is 162 Å². The van der Waals surface area contributed by atoms with Crippen molar-refractivity contribution < 1.29 is 18.7 Å². The van der Waals surface area contributed by atoms with Crippen molar-refractivity contribution in [1.29, 1.82) is 0 Å². The molecule has 2 rings (SSSR count). The minimum atomic E-state index is -1.12. The first-order valence-electron chi connectivity index (χ1n) is 9.67. The molecule has 1 aliphatic carbocycles. The van der Waals surface area contributed by atoms with Gasteiger partial charge in [0.15, 0.2) is 0 Å². The van der Waals surface area contributed by atoms with Crippen LogP contribution in [-0.4, -0.2) is 48.1 Å². The lowest BCUT2D eigenvalue weighted by Crippen LogP contribution is -2.41. The van der Waals surface area contributed by atoms with Gasteiger partial charge in [0.2, 0.25) is 0 Å². The van der Waals surface area contributed by atoms with E-state index in [4.69, 9.17) is 9.47 Å². The Balaban J connectivity index is 1.89. The number of aromatic nitrogens is 2. The second-order valence-corrected chi connectivity index (χ2v) is 15.2. The average Bonchev–Trinajstić information content (AvgIpc) is 3.08. The van der Waals surface area contributed by atoms with Crippen molar-refractivity contribution in [1.82, 2.24) is 14.9 Å². The zero-order valence-electron chi connectivity index (χ0n) is 17.4. The van der Waals surface area contributed by atoms with Gasteiger partial charge in [-0.1, -0.05) is 19.6 Å². The first kappa shape index (κ1) is 21.9. The summed E-state index contributed by atoms with van der Waals surface area (Å²) in [6, 6.07) is 0.553. The summed E-state index contributed by atoms with van der Waals surface area (Å²) in [4.78, 5) is 16.4. The number of halogens is 1. The van der Waals surface area contributed by atoms with Crippen LogP contribution in [0.3, 0.4) is 0 Å². The Bertz CT molecular complexity index is 624. The van der Waals surface area contributed by atoms with Crippen LogP contribution in [0, 0.1) is 0 Å². The van der Waals surface area contributed by atoms with E-state index < -0.39 is 32.0 Å². The van der Waals surface area contributed by atoms with Crippen molar-refractivity contribution in [3.8, 4) is 0 Å². The van der Waals surface area contributed by atoms with Crippen LogP contribution >= 0.6 is 0 Å². The molecular formula is C19H34FN3O3Si. The highest BCUT2D eigenvalue weighted by Crippen LogP contribution is 2.35. The number of alkyl carbamates (subject to hydrolysis) is 1. The average molecular weight is 400 g/mol. The number of alkyl halides is 1. The number of ether oxygens (including phenoxy) is 2. The SMILES string of the molecule is CC(C)(C)OC(=O)N[C@H]1CC(c2nccn2COCC[Si](C)(C)C)C[C@@H]1F. The molecule has 1 amide bonds. The van der Waals surface area contributed by atoms with Crippen molar-refractivity contribution in [3.05, 3.63) is 18.2 Å². The van der Waals surface area contributed by atoms with Gasteiger partial charge in [0.1, 0.15) is 24.3 Å². The number of nitrogens with zero attached hydrogens (tertiary/aromatic N) is 2. The lowest BCUT2D eigenvalue weighted by Gasteiger charge is -2.22. The third-order valence-corrected chi connectivity index (χ3v) is 6.23. The summed E-state index contributed by atoms with van der Waals surface area (Å²) < 4.78 is 27.4. The van der Waals surface area contributed by atoms with E-state index in [1.807, 2.05) is 10.8 Å².